The number of urea groups is 1. The van der Waals surface area contributed by atoms with Crippen LogP contribution in [0.25, 0.3) is 0 Å². The number of amides is 4. The monoisotopic (exact) mass is 283 g/mol. The van der Waals surface area contributed by atoms with Crippen LogP contribution >= 0.6 is 0 Å². The Morgan fingerprint density at radius 1 is 1.45 bits per heavy atom. The predicted octanol–water partition coefficient (Wildman–Crippen LogP) is -0.454. The zero-order valence-electron chi connectivity index (χ0n) is 12.0. The Kier molecular flexibility index (Phi) is 3.73. The van der Waals surface area contributed by atoms with Gasteiger partial charge in [0, 0.05) is 13.6 Å². The van der Waals surface area contributed by atoms with Crippen LogP contribution in [0.5, 0.6) is 0 Å². The van der Waals surface area contributed by atoms with Gasteiger partial charge in [-0.15, -0.1) is 0 Å². The molecular formula is C13H21N3O4. The molecule has 1 heterocycles. The summed E-state index contributed by atoms with van der Waals surface area (Å²) in [6, 6.07) is -0.527. The van der Waals surface area contributed by atoms with E-state index in [1.807, 2.05) is 0 Å². The lowest BCUT2D eigenvalue weighted by atomic mass is 9.82. The van der Waals surface area contributed by atoms with E-state index in [1.165, 1.54) is 4.90 Å². The number of carbonyl (C=O) groups is 3. The molecule has 1 aliphatic heterocycles. The maximum atomic E-state index is 12.0. The molecule has 2 N–H and O–H groups in total. The number of hydrogen-bond donors (Lipinski definition) is 2. The van der Waals surface area contributed by atoms with Crippen LogP contribution in [0.1, 0.15) is 26.7 Å². The summed E-state index contributed by atoms with van der Waals surface area (Å²) < 4.78 is 0. The molecule has 2 aliphatic rings. The smallest absolute Gasteiger partial charge is 0.325 e. The first-order chi connectivity index (χ1) is 9.20. The highest BCUT2D eigenvalue weighted by atomic mass is 16.3. The Morgan fingerprint density at radius 3 is 2.50 bits per heavy atom. The fraction of sp³-hybridized carbons (Fsp3) is 0.769. The molecule has 0 atom stereocenters. The quantitative estimate of drug-likeness (QED) is 0.684. The van der Waals surface area contributed by atoms with Crippen LogP contribution in [0.2, 0.25) is 0 Å². The molecule has 0 radical (unpaired) electrons. The molecule has 7 nitrogen and oxygen atoms in total. The minimum atomic E-state index is -0.950. The molecular weight excluding hydrogens is 262 g/mol. The lowest BCUT2D eigenvalue weighted by molar-refractivity contribution is -0.138. The molecule has 0 bridgehead atoms. The molecule has 0 unspecified atom stereocenters. The van der Waals surface area contributed by atoms with Gasteiger partial charge in [-0.1, -0.05) is 0 Å². The zero-order chi connectivity index (χ0) is 15.1. The van der Waals surface area contributed by atoms with Gasteiger partial charge in [-0.3, -0.25) is 14.5 Å². The van der Waals surface area contributed by atoms with E-state index >= 15 is 0 Å². The van der Waals surface area contributed by atoms with Crippen LogP contribution in [0.15, 0.2) is 0 Å². The fourth-order valence-corrected chi connectivity index (χ4v) is 2.56. The minimum absolute atomic E-state index is 0.236. The third-order valence-corrected chi connectivity index (χ3v) is 3.91. The molecule has 1 saturated carbocycles. The van der Waals surface area contributed by atoms with Crippen LogP contribution < -0.4 is 5.32 Å². The van der Waals surface area contributed by atoms with Crippen LogP contribution in [0, 0.1) is 5.92 Å². The minimum Gasteiger partial charge on any atom is -0.393 e. The highest BCUT2D eigenvalue weighted by Gasteiger charge is 2.45. The average molecular weight is 283 g/mol. The topological polar surface area (TPSA) is 89.9 Å². The predicted molar refractivity (Wildman–Crippen MR) is 70.7 cm³/mol. The van der Waals surface area contributed by atoms with E-state index in [-0.39, 0.29) is 24.5 Å². The number of hydrogen-bond acceptors (Lipinski definition) is 4. The van der Waals surface area contributed by atoms with Crippen molar-refractivity contribution in [3.63, 3.8) is 0 Å². The third kappa shape index (κ3) is 2.77. The van der Waals surface area contributed by atoms with Crippen molar-refractivity contribution < 1.29 is 19.5 Å². The van der Waals surface area contributed by atoms with E-state index in [0.29, 0.717) is 25.3 Å². The summed E-state index contributed by atoms with van der Waals surface area (Å²) in [5.41, 5.74) is -0.950. The Hall–Kier alpha value is -1.63. The van der Waals surface area contributed by atoms with E-state index < -0.39 is 11.6 Å². The van der Waals surface area contributed by atoms with Crippen molar-refractivity contribution in [3.8, 4) is 0 Å². The van der Waals surface area contributed by atoms with Crippen LogP contribution in [0.4, 0.5) is 4.79 Å². The summed E-state index contributed by atoms with van der Waals surface area (Å²) in [6.07, 6.45) is 1.15. The van der Waals surface area contributed by atoms with Crippen molar-refractivity contribution in [1.82, 2.24) is 15.1 Å². The highest BCUT2D eigenvalue weighted by molar-refractivity contribution is 6.08. The molecule has 0 aromatic rings. The fourth-order valence-electron chi connectivity index (χ4n) is 2.56. The van der Waals surface area contributed by atoms with Crippen LogP contribution in [-0.2, 0) is 9.59 Å². The summed E-state index contributed by atoms with van der Waals surface area (Å²) in [5, 5.41) is 11.8. The molecule has 4 amide bonds. The van der Waals surface area contributed by atoms with E-state index in [1.54, 1.807) is 20.9 Å². The maximum Gasteiger partial charge on any atom is 0.325 e. The van der Waals surface area contributed by atoms with Gasteiger partial charge in [0.2, 0.25) is 5.91 Å². The van der Waals surface area contributed by atoms with Gasteiger partial charge in [-0.05, 0) is 32.6 Å². The number of nitrogens with one attached hydrogen (secondary N) is 1. The third-order valence-electron chi connectivity index (χ3n) is 3.91. The summed E-state index contributed by atoms with van der Waals surface area (Å²) in [4.78, 5) is 38.2. The second kappa shape index (κ2) is 5.05. The van der Waals surface area contributed by atoms with Crippen molar-refractivity contribution in [1.29, 1.82) is 0 Å². The van der Waals surface area contributed by atoms with Crippen LogP contribution in [-0.4, -0.2) is 64.5 Å². The number of likely N-dealkylation sites (N-methyl/N-ethyl adjacent to an activating group) is 1. The molecule has 20 heavy (non-hydrogen) atoms. The van der Waals surface area contributed by atoms with Crippen LogP contribution in [0.3, 0.4) is 0 Å². The molecule has 2 fully saturated rings. The van der Waals surface area contributed by atoms with Gasteiger partial charge in [0.15, 0.2) is 0 Å². The molecule has 7 heteroatoms. The number of nitrogens with zero attached hydrogens (tertiary/aromatic N) is 2. The summed E-state index contributed by atoms with van der Waals surface area (Å²) in [5.74, 6) is -0.352. The van der Waals surface area contributed by atoms with Crippen molar-refractivity contribution in [3.05, 3.63) is 0 Å². The van der Waals surface area contributed by atoms with E-state index in [2.05, 4.69) is 5.32 Å². The summed E-state index contributed by atoms with van der Waals surface area (Å²) >= 11 is 0. The SMILES string of the molecule is CN(CC1CC(O)C1)C(=O)CN1C(=O)NC(C)(C)C1=O. The van der Waals surface area contributed by atoms with Gasteiger partial charge in [0.25, 0.3) is 5.91 Å². The van der Waals surface area contributed by atoms with Gasteiger partial charge in [-0.2, -0.15) is 0 Å². The second-order valence-corrected chi connectivity index (χ2v) is 6.21. The standard InChI is InChI=1S/C13H21N3O4/c1-13(2)11(19)16(12(20)14-13)7-10(18)15(3)6-8-4-9(17)5-8/h8-9,17H,4-7H2,1-3H3,(H,14,20). The molecule has 112 valence electrons. The Bertz CT molecular complexity index is 443. The summed E-state index contributed by atoms with van der Waals surface area (Å²) in [6.45, 7) is 3.52. The molecule has 0 aromatic carbocycles. The number of rotatable bonds is 4. The molecule has 1 saturated heterocycles. The number of carbonyl (C=O) groups excluding carboxylic acids is 3. The molecule has 0 aromatic heterocycles. The lowest BCUT2D eigenvalue weighted by Crippen LogP contribution is -2.46. The van der Waals surface area contributed by atoms with Crippen molar-refractivity contribution in [2.45, 2.75) is 38.3 Å². The van der Waals surface area contributed by atoms with Gasteiger partial charge in [0.05, 0.1) is 6.10 Å². The lowest BCUT2D eigenvalue weighted by Gasteiger charge is -2.34. The normalized spacial score (nSPS) is 28.1. The first kappa shape index (κ1) is 14.8. The number of aliphatic hydroxyl groups excluding tert-OH is 1. The maximum absolute atomic E-state index is 12.0. The van der Waals surface area contributed by atoms with Gasteiger partial charge in [-0.25, -0.2) is 4.79 Å². The molecule has 0 spiro atoms. The Labute approximate surface area is 117 Å². The van der Waals surface area contributed by atoms with E-state index in [4.69, 9.17) is 0 Å². The first-order valence-corrected chi connectivity index (χ1v) is 6.77. The number of aliphatic hydroxyl groups is 1. The average Bonchev–Trinajstić information content (AvgIpc) is 2.49. The van der Waals surface area contributed by atoms with Gasteiger partial charge < -0.3 is 15.3 Å². The van der Waals surface area contributed by atoms with Crippen molar-refractivity contribution in [2.24, 2.45) is 5.92 Å². The highest BCUT2D eigenvalue weighted by Crippen LogP contribution is 2.27. The van der Waals surface area contributed by atoms with Gasteiger partial charge in [0.1, 0.15) is 12.1 Å². The first-order valence-electron chi connectivity index (χ1n) is 6.77. The molecule has 1 aliphatic carbocycles. The molecule has 2 rings (SSSR count). The van der Waals surface area contributed by atoms with Gasteiger partial charge >= 0.3 is 6.03 Å². The van der Waals surface area contributed by atoms with Crippen molar-refractivity contribution in [2.75, 3.05) is 20.1 Å². The second-order valence-electron chi connectivity index (χ2n) is 6.21. The Balaban J connectivity index is 1.88. The van der Waals surface area contributed by atoms with E-state index in [9.17, 15) is 19.5 Å². The number of imide groups is 1. The Morgan fingerprint density at radius 2 is 2.05 bits per heavy atom. The van der Waals surface area contributed by atoms with Crippen molar-refractivity contribution >= 4 is 17.8 Å². The largest absolute Gasteiger partial charge is 0.393 e. The zero-order valence-corrected chi connectivity index (χ0v) is 12.0. The summed E-state index contributed by atoms with van der Waals surface area (Å²) in [7, 11) is 1.65. The van der Waals surface area contributed by atoms with E-state index in [0.717, 1.165) is 4.90 Å².